The molecule has 0 heterocycles. The summed E-state index contributed by atoms with van der Waals surface area (Å²) in [5.74, 6) is 0. The molecule has 0 aromatic heterocycles. The number of ether oxygens (including phenoxy) is 6. The van der Waals surface area contributed by atoms with E-state index in [-0.39, 0.29) is 0 Å². The number of hydrogen-bond donors (Lipinski definition) is 0. The minimum Gasteiger partial charge on any atom is -0.383 e. The van der Waals surface area contributed by atoms with E-state index in [2.05, 4.69) is 0 Å². The van der Waals surface area contributed by atoms with Gasteiger partial charge >= 0.3 is 0 Å². The van der Waals surface area contributed by atoms with Crippen molar-refractivity contribution < 1.29 is 32.3 Å². The number of methoxy groups -OCH3 is 6. The largest absolute Gasteiger partial charge is 0.383 e. The van der Waals surface area contributed by atoms with Crippen LogP contribution in [0.3, 0.4) is 0 Å². The van der Waals surface area contributed by atoms with Crippen LogP contribution >= 0.6 is 11.0 Å². The second kappa shape index (κ2) is 18.7. The van der Waals surface area contributed by atoms with E-state index in [9.17, 15) is 0 Å². The van der Waals surface area contributed by atoms with Gasteiger partial charge in [0.05, 0.1) is 50.6 Å². The van der Waals surface area contributed by atoms with Gasteiger partial charge in [-0.05, 0) is 0 Å². The minimum atomic E-state index is -3.07. The van der Waals surface area contributed by atoms with Crippen LogP contribution in [0.15, 0.2) is 0 Å². The van der Waals surface area contributed by atoms with Gasteiger partial charge in [0.1, 0.15) is 0 Å². The summed E-state index contributed by atoms with van der Waals surface area (Å²) in [6.07, 6.45) is 0. The van der Waals surface area contributed by atoms with Gasteiger partial charge in [0.2, 0.25) is 0 Å². The number of halogens is 1. The van der Waals surface area contributed by atoms with Crippen LogP contribution in [0.25, 0.3) is 0 Å². The molecule has 0 aromatic rings. The number of hydrogen-bond acceptors (Lipinski definition) is 9. The van der Waals surface area contributed by atoms with Crippen LogP contribution in [0, 0.1) is 0 Å². The molecule has 0 fully saturated rings. The van der Waals surface area contributed by atoms with E-state index in [1.54, 1.807) is 42.7 Å². The molecular weight excluding hydrogens is 405 g/mol. The maximum absolute atomic E-state index is 17.3. The quantitative estimate of drug-likeness (QED) is 0.258. The SMILES string of the molecule is COCCN(CCOC)S(F)(N(CCOC)CCOC)N(CCOC)CCOC. The summed E-state index contributed by atoms with van der Waals surface area (Å²) >= 11 is 0. The Morgan fingerprint density at radius 2 is 0.621 bits per heavy atom. The van der Waals surface area contributed by atoms with Gasteiger partial charge in [-0.2, -0.15) is 0 Å². The van der Waals surface area contributed by atoms with Gasteiger partial charge in [-0.1, -0.05) is 0 Å². The van der Waals surface area contributed by atoms with Gasteiger partial charge in [-0.25, -0.2) is 12.9 Å². The third-order valence-corrected chi connectivity index (χ3v) is 7.32. The van der Waals surface area contributed by atoms with E-state index in [1.165, 1.54) is 0 Å². The smallest absolute Gasteiger partial charge is 0.0915 e. The molecule has 0 amide bonds. The van der Waals surface area contributed by atoms with E-state index in [4.69, 9.17) is 28.4 Å². The van der Waals surface area contributed by atoms with Crippen LogP contribution < -0.4 is 0 Å². The van der Waals surface area contributed by atoms with Gasteiger partial charge in [0.15, 0.2) is 0 Å². The lowest BCUT2D eigenvalue weighted by molar-refractivity contribution is 0.115. The Bertz CT molecular complexity index is 302. The average Bonchev–Trinajstić information content (AvgIpc) is 2.73. The van der Waals surface area contributed by atoms with E-state index in [1.807, 2.05) is 12.9 Å². The number of rotatable bonds is 21. The zero-order valence-electron chi connectivity index (χ0n) is 19.1. The summed E-state index contributed by atoms with van der Waals surface area (Å²) < 4.78 is 54.3. The summed E-state index contributed by atoms with van der Waals surface area (Å²) in [5, 5.41) is 0. The molecule has 0 saturated carbocycles. The second-order valence-electron chi connectivity index (χ2n) is 6.20. The van der Waals surface area contributed by atoms with Crippen molar-refractivity contribution in [1.29, 1.82) is 0 Å². The van der Waals surface area contributed by atoms with E-state index < -0.39 is 11.0 Å². The molecule has 0 atom stereocenters. The van der Waals surface area contributed by atoms with Crippen molar-refractivity contribution in [2.24, 2.45) is 0 Å². The van der Waals surface area contributed by atoms with Crippen LogP contribution in [0.2, 0.25) is 0 Å². The molecule has 29 heavy (non-hydrogen) atoms. The summed E-state index contributed by atoms with van der Waals surface area (Å²) in [6.45, 7) is 5.03. The summed E-state index contributed by atoms with van der Waals surface area (Å²) in [7, 11) is 6.62. The predicted molar refractivity (Wildman–Crippen MR) is 115 cm³/mol. The lowest BCUT2D eigenvalue weighted by Crippen LogP contribution is -2.51. The molecule has 0 bridgehead atoms. The molecule has 0 radical (unpaired) electrons. The highest BCUT2D eigenvalue weighted by Crippen LogP contribution is 2.59. The topological polar surface area (TPSA) is 65.1 Å². The maximum Gasteiger partial charge on any atom is 0.0915 e. The van der Waals surface area contributed by atoms with Gasteiger partial charge in [0, 0.05) is 81.9 Å². The first-order chi connectivity index (χ1) is 14.1. The lowest BCUT2D eigenvalue weighted by Gasteiger charge is -2.53. The molecule has 9 nitrogen and oxygen atoms in total. The summed E-state index contributed by atoms with van der Waals surface area (Å²) in [6, 6.07) is 0. The Kier molecular flexibility index (Phi) is 18.6. The Labute approximate surface area is 178 Å². The number of nitrogens with zero attached hydrogens (tertiary/aromatic N) is 3. The van der Waals surface area contributed by atoms with Crippen LogP contribution in [0.1, 0.15) is 0 Å². The van der Waals surface area contributed by atoms with Crippen LogP contribution in [-0.4, -0.2) is 134 Å². The third-order valence-electron chi connectivity index (χ3n) is 4.25. The minimum absolute atomic E-state index is 0.410. The van der Waals surface area contributed by atoms with Gasteiger partial charge in [-0.3, -0.25) is 0 Å². The first kappa shape index (κ1) is 28.9. The second-order valence-corrected chi connectivity index (χ2v) is 8.65. The van der Waals surface area contributed by atoms with Crippen molar-refractivity contribution in [3.63, 3.8) is 0 Å². The zero-order chi connectivity index (χ0) is 22.0. The molecule has 0 saturated heterocycles. The Morgan fingerprint density at radius 1 is 0.448 bits per heavy atom. The molecule has 0 unspecified atom stereocenters. The molecule has 0 aromatic carbocycles. The molecule has 0 aliphatic rings. The molecule has 0 aliphatic carbocycles. The Balaban J connectivity index is 6.01. The molecule has 0 spiro atoms. The fraction of sp³-hybridized carbons (Fsp3) is 1.00. The lowest BCUT2D eigenvalue weighted by atomic mass is 10.6. The van der Waals surface area contributed by atoms with Crippen molar-refractivity contribution in [3.05, 3.63) is 0 Å². The van der Waals surface area contributed by atoms with Crippen molar-refractivity contribution in [2.45, 2.75) is 0 Å². The summed E-state index contributed by atoms with van der Waals surface area (Å²) in [5.41, 5.74) is 0. The Hall–Kier alpha value is -0.0800. The van der Waals surface area contributed by atoms with Crippen molar-refractivity contribution in [1.82, 2.24) is 12.9 Å². The standard InChI is InChI=1S/C18H42FN3O6S/c1-23-13-7-20(8-14-24-2)29(19,21(9-15-25-3)10-16-26-4)22(11-17-27-5)12-18-28-6/h7-18H2,1-6H3. The van der Waals surface area contributed by atoms with Gasteiger partial charge < -0.3 is 28.4 Å². The molecule has 178 valence electrons. The van der Waals surface area contributed by atoms with Crippen LogP contribution in [0.4, 0.5) is 3.89 Å². The van der Waals surface area contributed by atoms with Crippen molar-refractivity contribution >= 4 is 11.0 Å². The van der Waals surface area contributed by atoms with Gasteiger partial charge in [-0.15, -0.1) is 3.89 Å². The van der Waals surface area contributed by atoms with Gasteiger partial charge in [0.25, 0.3) is 0 Å². The van der Waals surface area contributed by atoms with E-state index in [0.29, 0.717) is 78.9 Å². The van der Waals surface area contributed by atoms with E-state index >= 15 is 3.89 Å². The predicted octanol–water partition coefficient (Wildman–Crippen LogP) is 1.20. The first-order valence-electron chi connectivity index (χ1n) is 9.78. The van der Waals surface area contributed by atoms with Crippen LogP contribution in [-0.2, 0) is 28.4 Å². The van der Waals surface area contributed by atoms with E-state index in [0.717, 1.165) is 0 Å². The highest BCUT2D eigenvalue weighted by molar-refractivity contribution is 8.23. The first-order valence-corrected chi connectivity index (χ1v) is 11.2. The fourth-order valence-corrected chi connectivity index (χ4v) is 5.50. The molecule has 0 aliphatic heterocycles. The van der Waals surface area contributed by atoms with Crippen LogP contribution in [0.5, 0.6) is 0 Å². The highest BCUT2D eigenvalue weighted by atomic mass is 32.3. The monoisotopic (exact) mass is 447 g/mol. The Morgan fingerprint density at radius 3 is 0.759 bits per heavy atom. The zero-order valence-corrected chi connectivity index (χ0v) is 19.9. The molecule has 0 rings (SSSR count). The van der Waals surface area contributed by atoms with Crippen molar-refractivity contribution in [3.8, 4) is 0 Å². The summed E-state index contributed by atoms with van der Waals surface area (Å²) in [4.78, 5) is 0. The molecule has 11 heteroatoms. The molecular formula is C18H42FN3O6S. The highest BCUT2D eigenvalue weighted by Gasteiger charge is 2.43. The maximum atomic E-state index is 17.3. The van der Waals surface area contributed by atoms with Crippen molar-refractivity contribution in [2.75, 3.05) is 122 Å². The normalized spacial score (nSPS) is 13.2. The molecule has 0 N–H and O–H groups in total. The average molecular weight is 448 g/mol. The third kappa shape index (κ3) is 10.7. The fourth-order valence-electron chi connectivity index (χ4n) is 2.68.